The summed E-state index contributed by atoms with van der Waals surface area (Å²) in [6.07, 6.45) is 1.45. The normalized spacial score (nSPS) is 27.5. The number of hydrogen-bond donors (Lipinski definition) is 2. The van der Waals surface area contributed by atoms with Gasteiger partial charge in [-0.2, -0.15) is 0 Å². The summed E-state index contributed by atoms with van der Waals surface area (Å²) in [7, 11) is 0. The molecule has 1 aliphatic carbocycles. The number of likely N-dealkylation sites (N-methyl/N-ethyl adjacent to an activating group) is 1. The summed E-state index contributed by atoms with van der Waals surface area (Å²) in [5.41, 5.74) is 4.20. The molecule has 0 bridgehead atoms. The first-order valence-corrected chi connectivity index (χ1v) is 6.85. The van der Waals surface area contributed by atoms with E-state index in [0.29, 0.717) is 24.0 Å². The van der Waals surface area contributed by atoms with Crippen LogP contribution < -0.4 is 5.73 Å². The minimum absolute atomic E-state index is 0.0299. The Hall–Kier alpha value is -0.680. The molecule has 1 rings (SSSR count). The SMILES string of the molecule is CCN(CC(C)(C)O)C(=O)C1(C(N)=S)CC(C)C1. The maximum Gasteiger partial charge on any atom is 0.235 e. The van der Waals surface area contributed by atoms with E-state index in [-0.39, 0.29) is 5.91 Å². The van der Waals surface area contributed by atoms with E-state index in [4.69, 9.17) is 18.0 Å². The van der Waals surface area contributed by atoms with Crippen LogP contribution in [-0.4, -0.2) is 39.6 Å². The first kappa shape index (κ1) is 15.4. The molecule has 4 nitrogen and oxygen atoms in total. The quantitative estimate of drug-likeness (QED) is 0.741. The molecule has 0 aromatic carbocycles. The number of rotatable bonds is 5. The van der Waals surface area contributed by atoms with Crippen LogP contribution in [0.25, 0.3) is 0 Å². The zero-order valence-corrected chi connectivity index (χ0v) is 12.5. The second-order valence-corrected chi connectivity index (χ2v) is 6.53. The summed E-state index contributed by atoms with van der Waals surface area (Å²) in [5.74, 6) is 0.453. The number of thiocarbonyl (C=S) groups is 1. The molecule has 1 saturated carbocycles. The Morgan fingerprint density at radius 3 is 2.33 bits per heavy atom. The van der Waals surface area contributed by atoms with Gasteiger partial charge in [0.2, 0.25) is 5.91 Å². The van der Waals surface area contributed by atoms with Crippen molar-refractivity contribution in [3.8, 4) is 0 Å². The van der Waals surface area contributed by atoms with Gasteiger partial charge in [0, 0.05) is 13.1 Å². The van der Waals surface area contributed by atoms with E-state index in [1.807, 2.05) is 6.92 Å². The fraction of sp³-hybridized carbons (Fsp3) is 0.846. The van der Waals surface area contributed by atoms with Gasteiger partial charge in [-0.1, -0.05) is 19.1 Å². The maximum absolute atomic E-state index is 12.6. The van der Waals surface area contributed by atoms with E-state index < -0.39 is 11.0 Å². The van der Waals surface area contributed by atoms with Crippen LogP contribution in [-0.2, 0) is 4.79 Å². The van der Waals surface area contributed by atoms with Gasteiger partial charge in [-0.3, -0.25) is 4.79 Å². The van der Waals surface area contributed by atoms with Gasteiger partial charge in [-0.25, -0.2) is 0 Å². The molecule has 0 heterocycles. The minimum Gasteiger partial charge on any atom is -0.392 e. The molecule has 0 aromatic heterocycles. The largest absolute Gasteiger partial charge is 0.392 e. The van der Waals surface area contributed by atoms with Gasteiger partial charge in [-0.05, 0) is 39.5 Å². The van der Waals surface area contributed by atoms with Crippen molar-refractivity contribution in [3.63, 3.8) is 0 Å². The monoisotopic (exact) mass is 272 g/mol. The zero-order chi connectivity index (χ0) is 14.1. The molecule has 1 aliphatic rings. The number of hydrogen-bond acceptors (Lipinski definition) is 3. The molecule has 18 heavy (non-hydrogen) atoms. The van der Waals surface area contributed by atoms with Crippen molar-refractivity contribution < 1.29 is 9.90 Å². The molecule has 0 saturated heterocycles. The molecule has 0 spiro atoms. The highest BCUT2D eigenvalue weighted by atomic mass is 32.1. The van der Waals surface area contributed by atoms with Crippen LogP contribution >= 0.6 is 12.2 Å². The summed E-state index contributed by atoms with van der Waals surface area (Å²) >= 11 is 5.09. The topological polar surface area (TPSA) is 66.6 Å². The number of carbonyl (C=O) groups is 1. The smallest absolute Gasteiger partial charge is 0.235 e. The number of aliphatic hydroxyl groups is 1. The molecule has 0 aliphatic heterocycles. The molecule has 104 valence electrons. The fourth-order valence-corrected chi connectivity index (χ4v) is 2.96. The van der Waals surface area contributed by atoms with E-state index in [9.17, 15) is 9.90 Å². The van der Waals surface area contributed by atoms with Crippen molar-refractivity contribution in [2.24, 2.45) is 17.1 Å². The highest BCUT2D eigenvalue weighted by molar-refractivity contribution is 7.80. The van der Waals surface area contributed by atoms with Gasteiger partial charge in [-0.15, -0.1) is 0 Å². The third kappa shape index (κ3) is 3.01. The third-order valence-electron chi connectivity index (χ3n) is 3.52. The lowest BCUT2D eigenvalue weighted by Gasteiger charge is -2.47. The first-order chi connectivity index (χ1) is 8.12. The Morgan fingerprint density at radius 1 is 1.56 bits per heavy atom. The Morgan fingerprint density at radius 2 is 2.06 bits per heavy atom. The summed E-state index contributed by atoms with van der Waals surface area (Å²) in [5, 5.41) is 9.86. The number of nitrogens with two attached hydrogens (primary N) is 1. The van der Waals surface area contributed by atoms with Crippen LogP contribution in [0.2, 0.25) is 0 Å². The predicted molar refractivity (Wildman–Crippen MR) is 76.2 cm³/mol. The van der Waals surface area contributed by atoms with Crippen LogP contribution in [0.1, 0.15) is 40.5 Å². The van der Waals surface area contributed by atoms with Gasteiger partial charge in [0.1, 0.15) is 0 Å². The van der Waals surface area contributed by atoms with Crippen molar-refractivity contribution in [1.82, 2.24) is 4.90 Å². The maximum atomic E-state index is 12.6. The van der Waals surface area contributed by atoms with Gasteiger partial charge in [0.05, 0.1) is 16.0 Å². The average Bonchev–Trinajstić information content (AvgIpc) is 2.18. The van der Waals surface area contributed by atoms with Gasteiger partial charge >= 0.3 is 0 Å². The summed E-state index contributed by atoms with van der Waals surface area (Å²) < 4.78 is 0. The highest BCUT2D eigenvalue weighted by Gasteiger charge is 2.52. The molecule has 0 aromatic rings. The van der Waals surface area contributed by atoms with Crippen molar-refractivity contribution in [2.45, 2.75) is 46.1 Å². The lowest BCUT2D eigenvalue weighted by molar-refractivity contribution is -0.146. The molecule has 0 unspecified atom stereocenters. The highest BCUT2D eigenvalue weighted by Crippen LogP contribution is 2.47. The molecule has 0 radical (unpaired) electrons. The number of carbonyl (C=O) groups excluding carboxylic acids is 1. The average molecular weight is 272 g/mol. The predicted octanol–water partition coefficient (Wildman–Crippen LogP) is 1.31. The Balaban J connectivity index is 2.86. The Labute approximate surface area is 115 Å². The third-order valence-corrected chi connectivity index (χ3v) is 3.91. The Bertz CT molecular complexity index is 343. The fourth-order valence-electron chi connectivity index (χ4n) is 2.71. The molecular weight excluding hydrogens is 248 g/mol. The summed E-state index contributed by atoms with van der Waals surface area (Å²) in [6.45, 7) is 8.25. The van der Waals surface area contributed by atoms with Crippen LogP contribution in [0.5, 0.6) is 0 Å². The van der Waals surface area contributed by atoms with E-state index >= 15 is 0 Å². The van der Waals surface area contributed by atoms with E-state index in [1.165, 1.54) is 0 Å². The van der Waals surface area contributed by atoms with Crippen LogP contribution in [0.15, 0.2) is 0 Å². The van der Waals surface area contributed by atoms with E-state index in [1.54, 1.807) is 18.7 Å². The number of amides is 1. The standard InChI is InChI=1S/C13H24N2O2S/c1-5-15(8-12(3,4)17)11(16)13(10(14)18)6-9(2)7-13/h9,17H,5-8H2,1-4H3,(H2,14,18). The van der Waals surface area contributed by atoms with Crippen LogP contribution in [0.3, 0.4) is 0 Å². The molecule has 3 N–H and O–H groups in total. The van der Waals surface area contributed by atoms with Crippen molar-refractivity contribution >= 4 is 23.1 Å². The van der Waals surface area contributed by atoms with Crippen molar-refractivity contribution in [1.29, 1.82) is 0 Å². The van der Waals surface area contributed by atoms with Crippen molar-refractivity contribution in [3.05, 3.63) is 0 Å². The van der Waals surface area contributed by atoms with Gasteiger partial charge in [0.15, 0.2) is 0 Å². The number of nitrogens with zero attached hydrogens (tertiary/aromatic N) is 1. The molecule has 1 amide bonds. The lowest BCUT2D eigenvalue weighted by Crippen LogP contribution is -2.58. The van der Waals surface area contributed by atoms with Crippen LogP contribution in [0.4, 0.5) is 0 Å². The summed E-state index contributed by atoms with van der Waals surface area (Å²) in [4.78, 5) is 14.5. The van der Waals surface area contributed by atoms with E-state index in [0.717, 1.165) is 12.8 Å². The first-order valence-electron chi connectivity index (χ1n) is 6.44. The molecular formula is C13H24N2O2S. The lowest BCUT2D eigenvalue weighted by atomic mass is 9.61. The minimum atomic E-state index is -0.904. The Kier molecular flexibility index (Phi) is 4.38. The second kappa shape index (κ2) is 5.13. The van der Waals surface area contributed by atoms with Crippen molar-refractivity contribution in [2.75, 3.05) is 13.1 Å². The zero-order valence-electron chi connectivity index (χ0n) is 11.7. The summed E-state index contributed by atoms with van der Waals surface area (Å²) in [6, 6.07) is 0. The van der Waals surface area contributed by atoms with Gasteiger partial charge in [0.25, 0.3) is 0 Å². The second-order valence-electron chi connectivity index (χ2n) is 6.09. The molecule has 5 heteroatoms. The van der Waals surface area contributed by atoms with E-state index in [2.05, 4.69) is 6.92 Å². The van der Waals surface area contributed by atoms with Gasteiger partial charge < -0.3 is 15.7 Å². The van der Waals surface area contributed by atoms with Crippen LogP contribution in [0, 0.1) is 11.3 Å². The molecule has 1 fully saturated rings. The molecule has 0 atom stereocenters.